The molecule has 1 aliphatic rings. The molecule has 80 heavy (non-hydrogen) atoms. The van der Waals surface area contributed by atoms with E-state index in [0.717, 1.165) is 48.9 Å². The maximum Gasteiger partial charge on any atom is 0.261 e. The standard InChI is InChI=1S/C27H33ClN12O2S.C10H15NO3S.C6H12N2O2.C5H12.C3H8.CH4O.CH2O/c1-33-15-5-6-16(17(12-15)23(29)39-40-32)25(41)34-10-2-3-11-35-26(42)19-8-9-20(43-19)36-13-14-4-7-18-21(22(14)28)24(30)38-27(31)37-18;12-6-4-2-1-3-5-11-9(13)7-8(15)10(11)14;1-5(4-9)8-6(10)3-7-2;1-3-5-4-2;1-3-2;2*1-2/h4-9,12,33,36,40H,2-3,10-11,13,32H2,1H3,(H2,29,39)(H,34,41)(H,35,42)(H4,30,31,37,38);6,8,15H,1-5,7H2;4-5,7H,3H2,1-2H3,(H,8,10);3-5H2,1-2H3;3H2,1-2H3;2H,1H3;1H2. The molecule has 0 spiro atoms. The Balaban J connectivity index is 0. The molecule has 0 saturated carbocycles. The highest BCUT2D eigenvalue weighted by Crippen LogP contribution is 2.32. The van der Waals surface area contributed by atoms with E-state index in [1.54, 1.807) is 51.4 Å². The van der Waals surface area contributed by atoms with Gasteiger partial charge >= 0.3 is 0 Å². The Bertz CT molecular complexity index is 2500. The van der Waals surface area contributed by atoms with E-state index in [1.807, 2.05) is 18.9 Å². The Morgan fingerprint density at radius 1 is 0.912 bits per heavy atom. The van der Waals surface area contributed by atoms with Gasteiger partial charge in [0.2, 0.25) is 23.7 Å². The lowest BCUT2D eigenvalue weighted by Gasteiger charge is -2.13. The van der Waals surface area contributed by atoms with Gasteiger partial charge in [0.05, 0.1) is 49.2 Å². The van der Waals surface area contributed by atoms with Gasteiger partial charge in [-0.25, -0.2) is 16.4 Å². The number of unbranched alkanes of at least 4 members (excludes halogenated alkanes) is 6. The van der Waals surface area contributed by atoms with Crippen LogP contribution in [0.2, 0.25) is 5.02 Å². The topological polar surface area (TPSA) is 386 Å². The van der Waals surface area contributed by atoms with Crippen LogP contribution in [-0.2, 0) is 35.3 Å². The summed E-state index contributed by atoms with van der Waals surface area (Å²) >= 11 is 11.9. The number of nitrogens with one attached hydrogen (secondary N) is 7. The molecular weight excluding hydrogens is 1090 g/mol. The van der Waals surface area contributed by atoms with E-state index in [1.165, 1.54) is 41.9 Å². The number of carbonyl (C=O) groups excluding carboxylic acids is 8. The van der Waals surface area contributed by atoms with Gasteiger partial charge in [-0.2, -0.15) is 17.6 Å². The van der Waals surface area contributed by atoms with Crippen LogP contribution in [0.1, 0.15) is 136 Å². The normalized spacial score (nSPS) is 12.4. The number of likely N-dealkylation sites (tertiary alicyclic amines) is 1. The van der Waals surface area contributed by atoms with Gasteiger partial charge < -0.3 is 68.6 Å². The van der Waals surface area contributed by atoms with E-state index in [-0.39, 0.29) is 66.1 Å². The highest BCUT2D eigenvalue weighted by Gasteiger charge is 2.35. The smallest absolute Gasteiger partial charge is 0.261 e. The fourth-order valence-electron chi connectivity index (χ4n) is 6.65. The number of thiol groups is 1. The van der Waals surface area contributed by atoms with Gasteiger partial charge in [0.15, 0.2) is 5.84 Å². The van der Waals surface area contributed by atoms with E-state index < -0.39 is 5.25 Å². The number of amidine groups is 1. The monoisotopic (exact) mass is 1180 g/mol. The Morgan fingerprint density at radius 2 is 1.55 bits per heavy atom. The van der Waals surface area contributed by atoms with Crippen LogP contribution in [0.4, 0.5) is 22.5 Å². The molecule has 1 saturated heterocycles. The quantitative estimate of drug-likeness (QED) is 0.00611. The molecule has 0 aliphatic carbocycles. The first kappa shape index (κ1) is 75.1. The van der Waals surface area contributed by atoms with E-state index in [0.29, 0.717) is 83.7 Å². The number of fused-ring (bicyclic) bond motifs is 1. The number of carbonyl (C=O) groups is 8. The lowest BCUT2D eigenvalue weighted by atomic mass is 10.0. The van der Waals surface area contributed by atoms with Gasteiger partial charge in [0, 0.05) is 64.4 Å². The zero-order valence-corrected chi connectivity index (χ0v) is 49.9. The number of nitrogens with two attached hydrogens (primary N) is 4. The number of rotatable bonds is 25. The van der Waals surface area contributed by atoms with Crippen molar-refractivity contribution in [3.05, 3.63) is 69.1 Å². The first-order chi connectivity index (χ1) is 38.4. The van der Waals surface area contributed by atoms with Crippen molar-refractivity contribution in [2.75, 3.05) is 69.5 Å². The Hall–Kier alpha value is -6.97. The molecular formula is C53H86ClN15O9S2. The molecule has 2 aromatic carbocycles. The Morgan fingerprint density at radius 3 is 2.09 bits per heavy atom. The molecule has 1 aliphatic heterocycles. The summed E-state index contributed by atoms with van der Waals surface area (Å²) in [4.78, 5) is 96.8. The average molecular weight is 1180 g/mol. The molecule has 24 nitrogen and oxygen atoms in total. The van der Waals surface area contributed by atoms with Gasteiger partial charge in [0.25, 0.3) is 11.8 Å². The largest absolute Gasteiger partial charge is 0.400 e. The summed E-state index contributed by atoms with van der Waals surface area (Å²) in [6.07, 6.45) is 11.5. The molecule has 1 fully saturated rings. The highest BCUT2D eigenvalue weighted by atomic mass is 35.5. The van der Waals surface area contributed by atoms with Crippen molar-refractivity contribution in [1.29, 1.82) is 0 Å². The van der Waals surface area contributed by atoms with E-state index >= 15 is 0 Å². The number of aldehydes is 2. The number of thiophene rings is 1. The number of aliphatic hydroxyl groups is 1. The molecule has 16 N–H and O–H groups in total. The van der Waals surface area contributed by atoms with Crippen molar-refractivity contribution in [3.63, 3.8) is 0 Å². The number of benzene rings is 2. The number of nitrogens with zero attached hydrogens (tertiary/aromatic N) is 4. The predicted molar refractivity (Wildman–Crippen MR) is 326 cm³/mol. The molecule has 0 bridgehead atoms. The van der Waals surface area contributed by atoms with Crippen molar-refractivity contribution < 1.29 is 43.5 Å². The Kier molecular flexibility index (Phi) is 43.0. The molecule has 2 aromatic heterocycles. The number of anilines is 4. The van der Waals surface area contributed by atoms with Crippen LogP contribution >= 0.6 is 35.6 Å². The zero-order chi connectivity index (χ0) is 61.0. The van der Waals surface area contributed by atoms with Gasteiger partial charge in [0.1, 0.15) is 25.2 Å². The van der Waals surface area contributed by atoms with Crippen molar-refractivity contribution in [3.8, 4) is 0 Å². The number of aromatic nitrogens is 2. The molecule has 2 atom stereocenters. The second kappa shape index (κ2) is 45.8. The van der Waals surface area contributed by atoms with Crippen LogP contribution in [0.3, 0.4) is 0 Å². The first-order valence-corrected chi connectivity index (χ1v) is 27.7. The maximum absolute atomic E-state index is 12.8. The molecule has 4 aromatic rings. The van der Waals surface area contributed by atoms with Gasteiger partial charge in [-0.15, -0.1) is 16.4 Å². The Labute approximate surface area is 484 Å². The number of nitrogen functional groups attached to an aromatic ring is 2. The van der Waals surface area contributed by atoms with E-state index in [2.05, 4.69) is 92.8 Å². The summed E-state index contributed by atoms with van der Waals surface area (Å²) in [5.41, 5.74) is 22.7. The van der Waals surface area contributed by atoms with Gasteiger partial charge in [-0.3, -0.25) is 28.9 Å². The predicted octanol–water partition coefficient (Wildman–Crippen LogP) is 4.94. The van der Waals surface area contributed by atoms with E-state index in [9.17, 15) is 33.6 Å². The first-order valence-electron chi connectivity index (χ1n) is 26.0. The van der Waals surface area contributed by atoms with E-state index in [4.69, 9.17) is 44.5 Å². The fourth-order valence-corrected chi connectivity index (χ4v) is 8.09. The summed E-state index contributed by atoms with van der Waals surface area (Å²) in [5, 5.41) is 29.3. The third-order valence-corrected chi connectivity index (χ3v) is 12.3. The number of likely N-dealkylation sites (N-methyl/N-ethyl adjacent to an activating group) is 1. The van der Waals surface area contributed by atoms with Crippen molar-refractivity contribution in [1.82, 2.24) is 41.7 Å². The average Bonchev–Trinajstić information content (AvgIpc) is 4.02. The number of aliphatic hydroxyl groups excluding tert-OH is 1. The minimum Gasteiger partial charge on any atom is -0.400 e. The maximum atomic E-state index is 12.8. The third kappa shape index (κ3) is 29.3. The lowest BCUT2D eigenvalue weighted by Crippen LogP contribution is -2.38. The molecule has 5 amide bonds. The number of hydrazine groups is 1. The minimum absolute atomic E-state index is 0.0856. The van der Waals surface area contributed by atoms with Crippen LogP contribution in [0, 0.1) is 0 Å². The molecule has 2 unspecified atom stereocenters. The number of amides is 5. The van der Waals surface area contributed by atoms with Crippen molar-refractivity contribution >= 4 is 124 Å². The molecule has 3 heterocycles. The summed E-state index contributed by atoms with van der Waals surface area (Å²) in [7, 11) is 4.43. The van der Waals surface area contributed by atoms with Crippen molar-refractivity contribution in [2.45, 2.75) is 123 Å². The van der Waals surface area contributed by atoms with Crippen molar-refractivity contribution in [2.24, 2.45) is 16.7 Å². The minimum atomic E-state index is -0.451. The number of hydrogen-bond acceptors (Lipinski definition) is 21. The number of imide groups is 1. The summed E-state index contributed by atoms with van der Waals surface area (Å²) in [6, 6.07) is 12.0. The van der Waals surface area contributed by atoms with Gasteiger partial charge in [-0.05, 0) is 81.6 Å². The van der Waals surface area contributed by atoms with Crippen LogP contribution in [0.25, 0.3) is 10.9 Å². The zero-order valence-electron chi connectivity index (χ0n) is 47.4. The second-order valence-electron chi connectivity index (χ2n) is 17.0. The second-order valence-corrected chi connectivity index (χ2v) is 19.1. The van der Waals surface area contributed by atoms with Crippen LogP contribution in [-0.4, -0.2) is 133 Å². The molecule has 5 rings (SSSR count). The lowest BCUT2D eigenvalue weighted by molar-refractivity contribution is -0.138. The number of hydrazone groups is 1. The molecule has 446 valence electrons. The summed E-state index contributed by atoms with van der Waals surface area (Å²) in [5.74, 6) is 4.68. The number of halogens is 1. The summed E-state index contributed by atoms with van der Waals surface area (Å²) < 4.78 is 0. The van der Waals surface area contributed by atoms with Crippen LogP contribution in [0.5, 0.6) is 0 Å². The van der Waals surface area contributed by atoms with Crippen LogP contribution in [0.15, 0.2) is 47.6 Å². The van der Waals surface area contributed by atoms with Gasteiger partial charge in [-0.1, -0.05) is 77.5 Å². The molecule has 0 radical (unpaired) electrons. The number of hydrogen-bond donors (Lipinski definition) is 13. The molecule has 27 heteroatoms. The summed E-state index contributed by atoms with van der Waals surface area (Å²) in [6.45, 7) is 14.3. The fraction of sp³-hybridized carbons (Fsp3) is 0.491. The SMILES string of the molecule is C=O.CCC.CCCCC.CNCC(=O)NC(C)C=O.CNc1ccc(C(=O)NCCCCNC(=O)c2ccc(NCc3ccc4nc(N)nc(N)c4c3Cl)s2)c(/C(N)=N/NN)c1.CO.O=CCCCCCN1C(=O)CC(S)C1=O. The van der Waals surface area contributed by atoms with Crippen LogP contribution < -0.4 is 60.5 Å². The highest BCUT2D eigenvalue weighted by molar-refractivity contribution is 7.81. The third-order valence-electron chi connectivity index (χ3n) is 10.5.